The Morgan fingerprint density at radius 1 is 1.24 bits per heavy atom. The number of amides is 1. The summed E-state index contributed by atoms with van der Waals surface area (Å²) >= 11 is 0. The minimum atomic E-state index is -4.60. The number of halogens is 4. The van der Waals surface area contributed by atoms with Crippen molar-refractivity contribution in [2.24, 2.45) is 5.73 Å². The van der Waals surface area contributed by atoms with Crippen molar-refractivity contribution in [3.8, 4) is 0 Å². The Balaban J connectivity index is 0.00000161. The molecule has 2 bridgehead atoms. The van der Waals surface area contributed by atoms with Crippen molar-refractivity contribution in [3.05, 3.63) is 0 Å². The summed E-state index contributed by atoms with van der Waals surface area (Å²) < 4.78 is 44.8. The molecule has 3 N–H and O–H groups in total. The molecule has 1 amide bonds. The quantitative estimate of drug-likeness (QED) is 0.795. The first kappa shape index (κ1) is 16.8. The molecule has 4 fully saturated rings. The Bertz CT molecular complexity index is 407. The third-order valence-electron chi connectivity index (χ3n) is 4.28. The second-order valence-electron chi connectivity index (χ2n) is 6.31. The third-order valence-corrected chi connectivity index (χ3v) is 4.28. The molecule has 4 aliphatic rings. The molecular formula is C12H18ClF3N2O3. The van der Waals surface area contributed by atoms with Gasteiger partial charge in [0, 0.05) is 23.9 Å². The third kappa shape index (κ3) is 3.61. The Morgan fingerprint density at radius 2 is 1.81 bits per heavy atom. The summed E-state index contributed by atoms with van der Waals surface area (Å²) in [6.45, 7) is -0.122. The number of hydrogen-bond acceptors (Lipinski definition) is 4. The lowest BCUT2D eigenvalue weighted by Crippen LogP contribution is -2.82. The number of carbonyl (C=O) groups excluding carboxylic acids is 1. The normalized spacial score (nSPS) is 40.2. The molecule has 9 heteroatoms. The first-order chi connectivity index (χ1) is 9.17. The maximum absolute atomic E-state index is 11.9. The molecule has 0 aromatic carbocycles. The minimum absolute atomic E-state index is 0. The van der Waals surface area contributed by atoms with Gasteiger partial charge in [-0.1, -0.05) is 0 Å². The average molecular weight is 331 g/mol. The fraction of sp³-hybridized carbons (Fsp3) is 0.917. The predicted molar refractivity (Wildman–Crippen MR) is 68.8 cm³/mol. The van der Waals surface area contributed by atoms with Crippen LogP contribution in [0.5, 0.6) is 0 Å². The van der Waals surface area contributed by atoms with Crippen molar-refractivity contribution in [1.29, 1.82) is 0 Å². The van der Waals surface area contributed by atoms with E-state index in [0.717, 1.165) is 19.3 Å². The van der Waals surface area contributed by atoms with Crippen molar-refractivity contribution in [2.75, 3.05) is 6.61 Å². The van der Waals surface area contributed by atoms with Gasteiger partial charge in [-0.25, -0.2) is 0 Å². The first-order valence-corrected chi connectivity index (χ1v) is 6.63. The van der Waals surface area contributed by atoms with Crippen LogP contribution in [-0.2, 0) is 14.3 Å². The molecule has 0 aliphatic heterocycles. The van der Waals surface area contributed by atoms with E-state index >= 15 is 0 Å². The summed E-state index contributed by atoms with van der Waals surface area (Å²) in [7, 11) is 0. The molecule has 0 heterocycles. The highest BCUT2D eigenvalue weighted by Gasteiger charge is 2.66. The summed E-state index contributed by atoms with van der Waals surface area (Å²) in [5.41, 5.74) is 5.66. The zero-order valence-electron chi connectivity index (χ0n) is 11.2. The number of alkyl halides is 3. The van der Waals surface area contributed by atoms with Gasteiger partial charge >= 0.3 is 6.36 Å². The van der Waals surface area contributed by atoms with Gasteiger partial charge in [0.05, 0.1) is 12.2 Å². The monoisotopic (exact) mass is 330 g/mol. The number of nitrogens with two attached hydrogens (primary N) is 1. The molecule has 0 spiro atoms. The van der Waals surface area contributed by atoms with E-state index in [9.17, 15) is 18.0 Å². The van der Waals surface area contributed by atoms with Gasteiger partial charge in [0.1, 0.15) is 6.61 Å². The van der Waals surface area contributed by atoms with Gasteiger partial charge in [0.25, 0.3) is 0 Å². The van der Waals surface area contributed by atoms with E-state index in [0.29, 0.717) is 0 Å². The van der Waals surface area contributed by atoms with Gasteiger partial charge in [0.15, 0.2) is 0 Å². The van der Waals surface area contributed by atoms with Crippen LogP contribution in [0.4, 0.5) is 13.2 Å². The van der Waals surface area contributed by atoms with Crippen LogP contribution in [0.1, 0.15) is 32.1 Å². The zero-order chi connectivity index (χ0) is 14.6. The molecule has 5 nitrogen and oxygen atoms in total. The molecule has 4 aliphatic carbocycles. The van der Waals surface area contributed by atoms with Crippen molar-refractivity contribution in [1.82, 2.24) is 5.32 Å². The van der Waals surface area contributed by atoms with Crippen molar-refractivity contribution in [2.45, 2.75) is 61.8 Å². The van der Waals surface area contributed by atoms with Crippen LogP contribution in [0.2, 0.25) is 0 Å². The second-order valence-corrected chi connectivity index (χ2v) is 6.31. The van der Waals surface area contributed by atoms with Gasteiger partial charge in [-0.05, 0) is 19.3 Å². The van der Waals surface area contributed by atoms with Crippen LogP contribution in [0, 0.1) is 0 Å². The molecule has 0 radical (unpaired) electrons. The van der Waals surface area contributed by atoms with Crippen LogP contribution in [0.3, 0.4) is 0 Å². The minimum Gasteiger partial charge on any atom is -0.368 e. The van der Waals surface area contributed by atoms with Crippen LogP contribution < -0.4 is 11.1 Å². The van der Waals surface area contributed by atoms with Crippen molar-refractivity contribution >= 4 is 18.3 Å². The van der Waals surface area contributed by atoms with E-state index < -0.39 is 12.5 Å². The van der Waals surface area contributed by atoms with Crippen LogP contribution in [0.25, 0.3) is 0 Å². The molecule has 0 aromatic heterocycles. The Labute approximate surface area is 126 Å². The van der Waals surface area contributed by atoms with Crippen molar-refractivity contribution < 1.29 is 27.4 Å². The van der Waals surface area contributed by atoms with E-state index in [4.69, 9.17) is 10.5 Å². The Kier molecular flexibility index (Phi) is 4.20. The fourth-order valence-corrected chi connectivity index (χ4v) is 3.46. The number of nitrogens with one attached hydrogen (secondary N) is 1. The molecule has 21 heavy (non-hydrogen) atoms. The van der Waals surface area contributed by atoms with Gasteiger partial charge in [-0.2, -0.15) is 0 Å². The van der Waals surface area contributed by atoms with Crippen LogP contribution >= 0.6 is 12.4 Å². The van der Waals surface area contributed by atoms with Crippen molar-refractivity contribution in [3.63, 3.8) is 0 Å². The van der Waals surface area contributed by atoms with Gasteiger partial charge < -0.3 is 15.8 Å². The summed E-state index contributed by atoms with van der Waals surface area (Å²) in [5, 5.41) is 2.88. The smallest absolute Gasteiger partial charge is 0.368 e. The highest BCUT2D eigenvalue weighted by Crippen LogP contribution is 2.58. The zero-order valence-corrected chi connectivity index (χ0v) is 12.1. The van der Waals surface area contributed by atoms with Crippen LogP contribution in [-0.4, -0.2) is 42.2 Å². The largest absolute Gasteiger partial charge is 0.522 e. The van der Waals surface area contributed by atoms with E-state index in [1.165, 1.54) is 0 Å². The fourth-order valence-electron chi connectivity index (χ4n) is 3.46. The Hall–Kier alpha value is -0.570. The SMILES string of the molecule is Cl.NC12CC(NC(=O)CO[C@H]3C[C@@H](OC(F)(F)F)C3)(C1)C2. The summed E-state index contributed by atoms with van der Waals surface area (Å²) in [5.74, 6) is -0.230. The summed E-state index contributed by atoms with van der Waals surface area (Å²) in [6, 6.07) is 0. The van der Waals surface area contributed by atoms with E-state index in [1.807, 2.05) is 0 Å². The molecule has 0 saturated heterocycles. The molecule has 0 aromatic rings. The maximum Gasteiger partial charge on any atom is 0.522 e. The molecule has 0 unspecified atom stereocenters. The van der Waals surface area contributed by atoms with Crippen LogP contribution in [0.15, 0.2) is 0 Å². The van der Waals surface area contributed by atoms with Gasteiger partial charge in [-0.15, -0.1) is 25.6 Å². The van der Waals surface area contributed by atoms with E-state index in [1.54, 1.807) is 0 Å². The first-order valence-electron chi connectivity index (χ1n) is 6.63. The number of carbonyl (C=O) groups is 1. The average Bonchev–Trinajstić information content (AvgIpc) is 2.15. The molecule has 4 rings (SSSR count). The summed E-state index contributed by atoms with van der Waals surface area (Å²) in [6.07, 6.45) is -3.03. The lowest BCUT2D eigenvalue weighted by atomic mass is 9.44. The standard InChI is InChI=1S/C12H17F3N2O3.ClH/c13-12(14,15)20-8-1-7(2-8)19-3-9(18)17-11-4-10(16,5-11)6-11;/h7-8H,1-6,16H2,(H,17,18);1H/t7-,8+,10?,11?;. The lowest BCUT2D eigenvalue weighted by molar-refractivity contribution is -0.357. The topological polar surface area (TPSA) is 73.6 Å². The van der Waals surface area contributed by atoms with Gasteiger partial charge in [0.2, 0.25) is 5.91 Å². The Morgan fingerprint density at radius 3 is 2.29 bits per heavy atom. The number of ether oxygens (including phenoxy) is 2. The molecule has 0 atom stereocenters. The highest BCUT2D eigenvalue weighted by molar-refractivity contribution is 5.85. The lowest BCUT2D eigenvalue weighted by Gasteiger charge is -2.68. The highest BCUT2D eigenvalue weighted by atomic mass is 35.5. The summed E-state index contributed by atoms with van der Waals surface area (Å²) in [4.78, 5) is 11.6. The number of hydrogen-bond donors (Lipinski definition) is 2. The molecule has 4 saturated carbocycles. The maximum atomic E-state index is 11.9. The molecular weight excluding hydrogens is 313 g/mol. The second kappa shape index (κ2) is 5.26. The van der Waals surface area contributed by atoms with E-state index in [-0.39, 0.29) is 54.9 Å². The number of rotatable bonds is 5. The van der Waals surface area contributed by atoms with Gasteiger partial charge in [-0.3, -0.25) is 9.53 Å². The molecule has 122 valence electrons. The predicted octanol–water partition coefficient (Wildman–Crippen LogP) is 1.24. The van der Waals surface area contributed by atoms with E-state index in [2.05, 4.69) is 10.1 Å².